The Hall–Kier alpha value is -2.44. The number of carbonyl (C=O) groups is 1. The summed E-state index contributed by atoms with van der Waals surface area (Å²) in [6, 6.07) is 6.66. The lowest BCUT2D eigenvalue weighted by atomic mass is 9.79. The number of hydrogen-bond donors (Lipinski definition) is 2. The second kappa shape index (κ2) is 10.0. The van der Waals surface area contributed by atoms with Crippen LogP contribution >= 0.6 is 0 Å². The first kappa shape index (κ1) is 22.7. The minimum atomic E-state index is 0.0352. The molecule has 1 aromatic carbocycles. The van der Waals surface area contributed by atoms with Crippen LogP contribution < -0.4 is 20.1 Å². The molecule has 2 heterocycles. The lowest BCUT2D eigenvalue weighted by Crippen LogP contribution is -2.46. The van der Waals surface area contributed by atoms with Crippen LogP contribution in [-0.4, -0.2) is 62.2 Å². The molecule has 7 nitrogen and oxygen atoms in total. The number of guanidine groups is 1. The minimum absolute atomic E-state index is 0.0352. The van der Waals surface area contributed by atoms with E-state index in [2.05, 4.69) is 35.8 Å². The summed E-state index contributed by atoms with van der Waals surface area (Å²) in [5.74, 6) is 2.83. The van der Waals surface area contributed by atoms with Crippen LogP contribution in [0.3, 0.4) is 0 Å². The molecule has 3 aliphatic rings. The number of nitrogens with zero attached hydrogens (tertiary/aromatic N) is 2. The van der Waals surface area contributed by atoms with Crippen molar-refractivity contribution in [3.8, 4) is 11.5 Å². The molecule has 2 N–H and O–H groups in total. The molecule has 1 saturated carbocycles. The van der Waals surface area contributed by atoms with E-state index >= 15 is 0 Å². The fraction of sp³-hybridized carbons (Fsp3) is 0.680. The maximum absolute atomic E-state index is 12.3. The fourth-order valence-electron chi connectivity index (χ4n) is 5.15. The Morgan fingerprint density at radius 1 is 1.22 bits per heavy atom. The van der Waals surface area contributed by atoms with Crippen LogP contribution in [0.25, 0.3) is 0 Å². The van der Waals surface area contributed by atoms with Crippen molar-refractivity contribution in [2.45, 2.75) is 64.3 Å². The van der Waals surface area contributed by atoms with Gasteiger partial charge in [-0.2, -0.15) is 0 Å². The molecule has 4 rings (SSSR count). The maximum atomic E-state index is 12.3. The van der Waals surface area contributed by atoms with Crippen LogP contribution in [0.1, 0.15) is 58.4 Å². The number of amides is 1. The SMILES string of the molecule is CCNC(=NCC1(c2ccc3c(c2)OCCO3)CCCC1)NC1CCN(C(=O)C(C)C)C1. The summed E-state index contributed by atoms with van der Waals surface area (Å²) < 4.78 is 11.6. The molecule has 176 valence electrons. The summed E-state index contributed by atoms with van der Waals surface area (Å²) in [6.45, 7) is 10.3. The van der Waals surface area contributed by atoms with E-state index in [1.54, 1.807) is 0 Å². The third-order valence-corrected chi connectivity index (χ3v) is 6.93. The Kier molecular flexibility index (Phi) is 7.11. The Balaban J connectivity index is 1.47. The molecule has 1 aliphatic carbocycles. The maximum Gasteiger partial charge on any atom is 0.225 e. The van der Waals surface area contributed by atoms with E-state index in [4.69, 9.17) is 14.5 Å². The number of likely N-dealkylation sites (tertiary alicyclic amines) is 1. The van der Waals surface area contributed by atoms with Crippen molar-refractivity contribution in [3.63, 3.8) is 0 Å². The van der Waals surface area contributed by atoms with Crippen molar-refractivity contribution in [3.05, 3.63) is 23.8 Å². The largest absolute Gasteiger partial charge is 0.486 e. The number of rotatable bonds is 6. The van der Waals surface area contributed by atoms with E-state index in [1.807, 2.05) is 18.7 Å². The van der Waals surface area contributed by atoms with Crippen molar-refractivity contribution in [2.75, 3.05) is 39.4 Å². The molecule has 1 aromatic rings. The summed E-state index contributed by atoms with van der Waals surface area (Å²) in [5, 5.41) is 6.99. The van der Waals surface area contributed by atoms with Crippen molar-refractivity contribution in [1.82, 2.24) is 15.5 Å². The van der Waals surface area contributed by atoms with Crippen molar-refractivity contribution < 1.29 is 14.3 Å². The van der Waals surface area contributed by atoms with Gasteiger partial charge in [-0.05, 0) is 43.9 Å². The van der Waals surface area contributed by atoms with Gasteiger partial charge in [-0.15, -0.1) is 0 Å². The van der Waals surface area contributed by atoms with Gasteiger partial charge in [0.25, 0.3) is 0 Å². The molecule has 1 saturated heterocycles. The number of fused-ring (bicyclic) bond motifs is 1. The third kappa shape index (κ3) is 4.97. The van der Waals surface area contributed by atoms with E-state index in [-0.39, 0.29) is 23.3 Å². The molecular weight excluding hydrogens is 404 g/mol. The molecule has 7 heteroatoms. The number of aliphatic imine (C=N–C) groups is 1. The predicted molar refractivity (Wildman–Crippen MR) is 127 cm³/mol. The molecule has 1 amide bonds. The van der Waals surface area contributed by atoms with E-state index in [0.29, 0.717) is 13.2 Å². The van der Waals surface area contributed by atoms with Crippen LogP contribution in [0.4, 0.5) is 0 Å². The van der Waals surface area contributed by atoms with Crippen LogP contribution in [-0.2, 0) is 10.2 Å². The molecule has 2 aliphatic heterocycles. The van der Waals surface area contributed by atoms with E-state index < -0.39 is 0 Å². The number of carbonyl (C=O) groups excluding carboxylic acids is 1. The van der Waals surface area contributed by atoms with Gasteiger partial charge in [0.05, 0.1) is 6.54 Å². The van der Waals surface area contributed by atoms with Crippen LogP contribution in [0.15, 0.2) is 23.2 Å². The van der Waals surface area contributed by atoms with E-state index in [1.165, 1.54) is 18.4 Å². The molecule has 1 atom stereocenters. The van der Waals surface area contributed by atoms with Gasteiger partial charge < -0.3 is 25.0 Å². The van der Waals surface area contributed by atoms with Crippen LogP contribution in [0.2, 0.25) is 0 Å². The van der Waals surface area contributed by atoms with Gasteiger partial charge in [0, 0.05) is 37.0 Å². The normalized spacial score (nSPS) is 22.3. The first-order valence-electron chi connectivity index (χ1n) is 12.2. The highest BCUT2D eigenvalue weighted by molar-refractivity contribution is 5.81. The highest BCUT2D eigenvalue weighted by atomic mass is 16.6. The smallest absolute Gasteiger partial charge is 0.225 e. The number of benzene rings is 1. The lowest BCUT2D eigenvalue weighted by molar-refractivity contribution is -0.133. The summed E-state index contributed by atoms with van der Waals surface area (Å²) in [4.78, 5) is 19.4. The molecule has 0 aromatic heterocycles. The number of nitrogens with one attached hydrogen (secondary N) is 2. The van der Waals surface area contributed by atoms with Gasteiger partial charge in [-0.25, -0.2) is 0 Å². The predicted octanol–water partition coefficient (Wildman–Crippen LogP) is 3.08. The van der Waals surface area contributed by atoms with E-state index in [9.17, 15) is 4.79 Å². The Bertz CT molecular complexity index is 832. The van der Waals surface area contributed by atoms with Crippen LogP contribution in [0, 0.1) is 5.92 Å². The Morgan fingerprint density at radius 2 is 1.97 bits per heavy atom. The van der Waals surface area contributed by atoms with Gasteiger partial charge in [0.1, 0.15) is 13.2 Å². The van der Waals surface area contributed by atoms with Gasteiger partial charge in [-0.1, -0.05) is 32.8 Å². The Labute approximate surface area is 191 Å². The minimum Gasteiger partial charge on any atom is -0.486 e. The molecule has 32 heavy (non-hydrogen) atoms. The summed E-state index contributed by atoms with van der Waals surface area (Å²) in [5.41, 5.74) is 1.33. The zero-order valence-electron chi connectivity index (χ0n) is 19.8. The van der Waals surface area contributed by atoms with Gasteiger partial charge in [-0.3, -0.25) is 9.79 Å². The highest BCUT2D eigenvalue weighted by Gasteiger charge is 2.37. The van der Waals surface area contributed by atoms with Gasteiger partial charge >= 0.3 is 0 Å². The van der Waals surface area contributed by atoms with Crippen molar-refractivity contribution in [1.29, 1.82) is 0 Å². The first-order chi connectivity index (χ1) is 15.5. The van der Waals surface area contributed by atoms with Crippen LogP contribution in [0.5, 0.6) is 11.5 Å². The highest BCUT2D eigenvalue weighted by Crippen LogP contribution is 2.44. The topological polar surface area (TPSA) is 75.2 Å². The average Bonchev–Trinajstić information content (AvgIpc) is 3.47. The molecule has 2 fully saturated rings. The summed E-state index contributed by atoms with van der Waals surface area (Å²) in [6.07, 6.45) is 5.67. The summed E-state index contributed by atoms with van der Waals surface area (Å²) in [7, 11) is 0. The zero-order chi connectivity index (χ0) is 22.6. The molecule has 0 bridgehead atoms. The second-order valence-electron chi connectivity index (χ2n) is 9.61. The quantitative estimate of drug-likeness (QED) is 0.523. The van der Waals surface area contributed by atoms with Crippen molar-refractivity contribution in [2.24, 2.45) is 10.9 Å². The summed E-state index contributed by atoms with van der Waals surface area (Å²) >= 11 is 0. The standard InChI is InChI=1S/C25H38N4O3/c1-4-26-24(28-20-9-12-29(16-20)23(30)18(2)3)27-17-25(10-5-6-11-25)19-7-8-21-22(15-19)32-14-13-31-21/h7-8,15,18,20H,4-6,9-14,16-17H2,1-3H3,(H2,26,27,28). The number of hydrogen-bond acceptors (Lipinski definition) is 4. The second-order valence-corrected chi connectivity index (χ2v) is 9.61. The third-order valence-electron chi connectivity index (χ3n) is 6.93. The van der Waals surface area contributed by atoms with E-state index in [0.717, 1.165) is 62.9 Å². The fourth-order valence-corrected chi connectivity index (χ4v) is 5.15. The monoisotopic (exact) mass is 442 g/mol. The number of ether oxygens (including phenoxy) is 2. The van der Waals surface area contributed by atoms with Crippen molar-refractivity contribution >= 4 is 11.9 Å². The molecule has 0 radical (unpaired) electrons. The molecule has 0 spiro atoms. The average molecular weight is 443 g/mol. The first-order valence-corrected chi connectivity index (χ1v) is 12.2. The Morgan fingerprint density at radius 3 is 2.69 bits per heavy atom. The van der Waals surface area contributed by atoms with Gasteiger partial charge in [0.2, 0.25) is 5.91 Å². The molecular formula is C25H38N4O3. The zero-order valence-corrected chi connectivity index (χ0v) is 19.8. The van der Waals surface area contributed by atoms with Gasteiger partial charge in [0.15, 0.2) is 17.5 Å². The molecule has 1 unspecified atom stereocenters. The lowest BCUT2D eigenvalue weighted by Gasteiger charge is -2.30.